The molecule has 1 aromatic rings. The highest BCUT2D eigenvalue weighted by atomic mass is 15.5. The lowest BCUT2D eigenvalue weighted by molar-refractivity contribution is 0.489. The molecule has 0 bridgehead atoms. The molecular weight excluding hydrogens is 176 g/mol. The Labute approximate surface area is 82.7 Å². The zero-order valence-corrected chi connectivity index (χ0v) is 8.01. The molecule has 0 spiro atoms. The summed E-state index contributed by atoms with van der Waals surface area (Å²) in [6, 6.07) is 9.93. The number of nitrogens with zero attached hydrogens (tertiary/aromatic N) is 3. The minimum Gasteiger partial charge on any atom is -0.291 e. The molecule has 2 rings (SSSR count). The van der Waals surface area contributed by atoms with E-state index in [1.807, 2.05) is 37.3 Å². The Hall–Kier alpha value is -1.68. The molecule has 0 atom stereocenters. The molecule has 4 nitrogen and oxygen atoms in total. The van der Waals surface area contributed by atoms with Crippen molar-refractivity contribution in [3.05, 3.63) is 35.9 Å². The van der Waals surface area contributed by atoms with Crippen LogP contribution in [0.1, 0.15) is 12.5 Å². The number of hydrogen-bond acceptors (Lipinski definition) is 4. The Kier molecular flexibility index (Phi) is 2.28. The van der Waals surface area contributed by atoms with Gasteiger partial charge in [-0.15, -0.1) is 5.10 Å². The first kappa shape index (κ1) is 8.90. The highest BCUT2D eigenvalue weighted by Gasteiger charge is 2.12. The third-order valence-corrected chi connectivity index (χ3v) is 2.16. The molecule has 14 heavy (non-hydrogen) atoms. The summed E-state index contributed by atoms with van der Waals surface area (Å²) in [5.41, 5.74) is 1.97. The molecule has 4 heteroatoms. The molecule has 0 fully saturated rings. The zero-order chi connectivity index (χ0) is 9.97. The Balaban J connectivity index is 2.30. The molecule has 1 aromatic carbocycles. The van der Waals surface area contributed by atoms with E-state index in [1.54, 1.807) is 5.01 Å². The van der Waals surface area contributed by atoms with Crippen LogP contribution in [-0.2, 0) is 0 Å². The first-order valence-electron chi connectivity index (χ1n) is 4.46. The van der Waals surface area contributed by atoms with E-state index in [9.17, 15) is 0 Å². The van der Waals surface area contributed by atoms with Crippen LogP contribution < -0.4 is 5.84 Å². The van der Waals surface area contributed by atoms with E-state index in [-0.39, 0.29) is 0 Å². The summed E-state index contributed by atoms with van der Waals surface area (Å²) in [6.07, 6.45) is 0. The Morgan fingerprint density at radius 2 is 1.93 bits per heavy atom. The van der Waals surface area contributed by atoms with E-state index in [2.05, 4.69) is 10.2 Å². The molecule has 1 aliphatic rings. The highest BCUT2D eigenvalue weighted by molar-refractivity contribution is 6.05. The van der Waals surface area contributed by atoms with Crippen LogP contribution in [0.3, 0.4) is 0 Å². The second-order valence-corrected chi connectivity index (χ2v) is 3.19. The van der Waals surface area contributed by atoms with Gasteiger partial charge in [-0.3, -0.25) is 5.01 Å². The smallest absolute Gasteiger partial charge is 0.138 e. The molecule has 0 saturated carbocycles. The SMILES string of the molecule is CC1=NN=C(c2ccccc2)CN1N. The fourth-order valence-electron chi connectivity index (χ4n) is 1.28. The maximum absolute atomic E-state index is 5.73. The molecule has 1 aliphatic heterocycles. The topological polar surface area (TPSA) is 54.0 Å². The summed E-state index contributed by atoms with van der Waals surface area (Å²) in [7, 11) is 0. The summed E-state index contributed by atoms with van der Waals surface area (Å²) in [6.45, 7) is 2.45. The van der Waals surface area contributed by atoms with Crippen molar-refractivity contribution in [1.29, 1.82) is 0 Å². The van der Waals surface area contributed by atoms with Gasteiger partial charge in [0.15, 0.2) is 0 Å². The van der Waals surface area contributed by atoms with Gasteiger partial charge in [-0.25, -0.2) is 5.84 Å². The van der Waals surface area contributed by atoms with E-state index in [1.165, 1.54) is 0 Å². The number of nitrogens with two attached hydrogens (primary N) is 1. The number of hydrazine groups is 1. The van der Waals surface area contributed by atoms with Crippen molar-refractivity contribution in [1.82, 2.24) is 5.01 Å². The number of amidine groups is 1. The van der Waals surface area contributed by atoms with Crippen molar-refractivity contribution in [2.75, 3.05) is 6.54 Å². The van der Waals surface area contributed by atoms with Crippen LogP contribution in [-0.4, -0.2) is 23.1 Å². The number of hydrogen-bond donors (Lipinski definition) is 1. The average Bonchev–Trinajstić information content (AvgIpc) is 2.23. The van der Waals surface area contributed by atoms with E-state index in [0.29, 0.717) is 6.54 Å². The minimum atomic E-state index is 0.610. The summed E-state index contributed by atoms with van der Waals surface area (Å²) >= 11 is 0. The maximum atomic E-state index is 5.73. The van der Waals surface area contributed by atoms with Gasteiger partial charge in [0.2, 0.25) is 0 Å². The summed E-state index contributed by atoms with van der Waals surface area (Å²) in [4.78, 5) is 0. The average molecular weight is 188 g/mol. The Morgan fingerprint density at radius 3 is 2.57 bits per heavy atom. The monoisotopic (exact) mass is 188 g/mol. The fraction of sp³-hybridized carbons (Fsp3) is 0.200. The quantitative estimate of drug-likeness (QED) is 0.668. The molecule has 0 unspecified atom stereocenters. The second kappa shape index (κ2) is 3.59. The van der Waals surface area contributed by atoms with Crippen molar-refractivity contribution in [3.63, 3.8) is 0 Å². The van der Waals surface area contributed by atoms with E-state index in [0.717, 1.165) is 17.1 Å². The Morgan fingerprint density at radius 1 is 1.21 bits per heavy atom. The molecule has 1 heterocycles. The van der Waals surface area contributed by atoms with Gasteiger partial charge in [0.25, 0.3) is 0 Å². The van der Waals surface area contributed by atoms with E-state index >= 15 is 0 Å². The van der Waals surface area contributed by atoms with Gasteiger partial charge in [0.1, 0.15) is 5.84 Å². The van der Waals surface area contributed by atoms with Crippen LogP contribution >= 0.6 is 0 Å². The van der Waals surface area contributed by atoms with Gasteiger partial charge in [-0.1, -0.05) is 30.3 Å². The zero-order valence-electron chi connectivity index (χ0n) is 8.01. The van der Waals surface area contributed by atoms with Crippen molar-refractivity contribution in [3.8, 4) is 0 Å². The van der Waals surface area contributed by atoms with Gasteiger partial charge >= 0.3 is 0 Å². The van der Waals surface area contributed by atoms with Gasteiger partial charge in [0, 0.05) is 0 Å². The number of benzene rings is 1. The summed E-state index contributed by atoms with van der Waals surface area (Å²) in [5, 5.41) is 9.68. The van der Waals surface area contributed by atoms with Crippen LogP contribution in [0.25, 0.3) is 0 Å². The molecule has 0 saturated heterocycles. The van der Waals surface area contributed by atoms with Crippen LogP contribution in [0.15, 0.2) is 40.5 Å². The lowest BCUT2D eigenvalue weighted by Crippen LogP contribution is -2.42. The van der Waals surface area contributed by atoms with Gasteiger partial charge < -0.3 is 0 Å². The third kappa shape index (κ3) is 1.65. The Bertz CT molecular complexity index is 380. The van der Waals surface area contributed by atoms with E-state index < -0.39 is 0 Å². The highest BCUT2D eigenvalue weighted by Crippen LogP contribution is 2.06. The van der Waals surface area contributed by atoms with Gasteiger partial charge in [-0.2, -0.15) is 5.10 Å². The van der Waals surface area contributed by atoms with Gasteiger partial charge in [-0.05, 0) is 12.5 Å². The molecule has 0 radical (unpaired) electrons. The lowest BCUT2D eigenvalue weighted by Gasteiger charge is -2.21. The van der Waals surface area contributed by atoms with Crippen molar-refractivity contribution in [2.45, 2.75) is 6.92 Å². The third-order valence-electron chi connectivity index (χ3n) is 2.16. The standard InChI is InChI=1S/C10H12N4/c1-8-12-13-10(7-14(8)11)9-5-3-2-4-6-9/h2-6H,7,11H2,1H3. The fourth-order valence-corrected chi connectivity index (χ4v) is 1.28. The molecular formula is C10H12N4. The lowest BCUT2D eigenvalue weighted by atomic mass is 10.1. The summed E-state index contributed by atoms with van der Waals surface area (Å²) in [5.74, 6) is 6.47. The number of rotatable bonds is 1. The largest absolute Gasteiger partial charge is 0.291 e. The van der Waals surface area contributed by atoms with Crippen molar-refractivity contribution < 1.29 is 0 Å². The van der Waals surface area contributed by atoms with Crippen molar-refractivity contribution >= 4 is 11.5 Å². The molecule has 0 aliphatic carbocycles. The molecule has 0 aromatic heterocycles. The predicted molar refractivity (Wildman–Crippen MR) is 57.0 cm³/mol. The van der Waals surface area contributed by atoms with Crippen LogP contribution in [0.4, 0.5) is 0 Å². The maximum Gasteiger partial charge on any atom is 0.138 e. The predicted octanol–water partition coefficient (Wildman–Crippen LogP) is 0.998. The van der Waals surface area contributed by atoms with Crippen LogP contribution in [0.2, 0.25) is 0 Å². The van der Waals surface area contributed by atoms with Crippen LogP contribution in [0, 0.1) is 0 Å². The first-order valence-corrected chi connectivity index (χ1v) is 4.46. The normalized spacial score (nSPS) is 16.3. The molecule has 0 amide bonds. The van der Waals surface area contributed by atoms with Gasteiger partial charge in [0.05, 0.1) is 12.3 Å². The molecule has 2 N–H and O–H groups in total. The van der Waals surface area contributed by atoms with E-state index in [4.69, 9.17) is 5.84 Å². The summed E-state index contributed by atoms with van der Waals surface area (Å²) < 4.78 is 0. The molecule has 72 valence electrons. The first-order chi connectivity index (χ1) is 6.77. The second-order valence-electron chi connectivity index (χ2n) is 3.19. The van der Waals surface area contributed by atoms with Crippen LogP contribution in [0.5, 0.6) is 0 Å². The van der Waals surface area contributed by atoms with Crippen molar-refractivity contribution in [2.24, 2.45) is 16.0 Å². The minimum absolute atomic E-state index is 0.610.